The predicted molar refractivity (Wildman–Crippen MR) is 82.7 cm³/mol. The van der Waals surface area contributed by atoms with Crippen LogP contribution in [0.5, 0.6) is 11.5 Å². The van der Waals surface area contributed by atoms with Gasteiger partial charge in [-0.3, -0.25) is 4.79 Å². The summed E-state index contributed by atoms with van der Waals surface area (Å²) < 4.78 is 11.5. The Hall–Kier alpha value is -1.53. The fourth-order valence-corrected chi connectivity index (χ4v) is 3.17. The second-order valence-electron chi connectivity index (χ2n) is 3.95. The Morgan fingerprint density at radius 2 is 2.15 bits per heavy atom. The van der Waals surface area contributed by atoms with E-state index in [0.717, 1.165) is 9.35 Å². The van der Waals surface area contributed by atoms with Crippen molar-refractivity contribution >= 4 is 33.2 Å². The Kier molecular flexibility index (Phi) is 5.03. The second kappa shape index (κ2) is 6.76. The zero-order valence-electron chi connectivity index (χ0n) is 11.1. The van der Waals surface area contributed by atoms with E-state index in [1.165, 1.54) is 7.11 Å². The Morgan fingerprint density at radius 1 is 1.35 bits per heavy atom. The highest BCUT2D eigenvalue weighted by Crippen LogP contribution is 2.30. The van der Waals surface area contributed by atoms with Crippen molar-refractivity contribution in [2.24, 2.45) is 0 Å². The summed E-state index contributed by atoms with van der Waals surface area (Å²) in [4.78, 5) is 13.3. The minimum absolute atomic E-state index is 0.190. The van der Waals surface area contributed by atoms with Gasteiger partial charge in [0.15, 0.2) is 11.5 Å². The van der Waals surface area contributed by atoms with E-state index in [1.54, 1.807) is 36.6 Å². The molecule has 0 saturated carbocycles. The maximum Gasteiger partial charge on any atom is 0.255 e. The zero-order valence-corrected chi connectivity index (χ0v) is 13.5. The van der Waals surface area contributed by atoms with E-state index in [0.29, 0.717) is 23.6 Å². The number of benzene rings is 1. The molecule has 6 heteroatoms. The van der Waals surface area contributed by atoms with Crippen molar-refractivity contribution in [2.75, 3.05) is 14.2 Å². The van der Waals surface area contributed by atoms with Crippen molar-refractivity contribution in [3.63, 3.8) is 0 Å². The third-order valence-corrected chi connectivity index (χ3v) is 4.39. The van der Waals surface area contributed by atoms with Crippen LogP contribution in [0.2, 0.25) is 0 Å². The summed E-state index contributed by atoms with van der Waals surface area (Å²) in [7, 11) is 3.06. The lowest BCUT2D eigenvalue weighted by Crippen LogP contribution is -2.23. The topological polar surface area (TPSA) is 47.6 Å². The molecule has 1 heterocycles. The highest BCUT2D eigenvalue weighted by atomic mass is 79.9. The largest absolute Gasteiger partial charge is 0.493 e. The third-order valence-electron chi connectivity index (χ3n) is 2.69. The normalized spacial score (nSPS) is 10.2. The van der Waals surface area contributed by atoms with Crippen LogP contribution >= 0.6 is 27.3 Å². The SMILES string of the molecule is COc1cccc(C(=O)NCc2cc(Br)cs2)c1OC. The molecule has 4 nitrogen and oxygen atoms in total. The molecule has 2 rings (SSSR count). The van der Waals surface area contributed by atoms with Gasteiger partial charge in [-0.15, -0.1) is 11.3 Å². The average Bonchev–Trinajstić information content (AvgIpc) is 2.89. The number of carbonyl (C=O) groups excluding carboxylic acids is 1. The Morgan fingerprint density at radius 3 is 2.75 bits per heavy atom. The lowest BCUT2D eigenvalue weighted by Gasteiger charge is -2.12. The van der Waals surface area contributed by atoms with Gasteiger partial charge in [0.2, 0.25) is 0 Å². The Labute approximate surface area is 129 Å². The van der Waals surface area contributed by atoms with Crippen LogP contribution in [0.1, 0.15) is 15.2 Å². The molecule has 1 N–H and O–H groups in total. The molecular weight excluding hydrogens is 342 g/mol. The first kappa shape index (κ1) is 14.9. The predicted octanol–water partition coefficient (Wildman–Crippen LogP) is 3.46. The molecule has 0 aliphatic heterocycles. The summed E-state index contributed by atoms with van der Waals surface area (Å²) in [6.07, 6.45) is 0. The second-order valence-corrected chi connectivity index (χ2v) is 5.87. The Bertz CT molecular complexity index is 612. The number of carbonyl (C=O) groups is 1. The molecule has 106 valence electrons. The first-order valence-corrected chi connectivity index (χ1v) is 7.55. The van der Waals surface area contributed by atoms with E-state index in [1.807, 2.05) is 11.4 Å². The number of methoxy groups -OCH3 is 2. The first-order valence-electron chi connectivity index (χ1n) is 5.87. The van der Waals surface area contributed by atoms with Crippen molar-refractivity contribution in [1.29, 1.82) is 0 Å². The number of nitrogens with one attached hydrogen (secondary N) is 1. The van der Waals surface area contributed by atoms with Gasteiger partial charge in [0.1, 0.15) is 0 Å². The van der Waals surface area contributed by atoms with E-state index in [9.17, 15) is 4.79 Å². The van der Waals surface area contributed by atoms with E-state index in [4.69, 9.17) is 9.47 Å². The van der Waals surface area contributed by atoms with Crippen LogP contribution in [0, 0.1) is 0 Å². The van der Waals surface area contributed by atoms with Gasteiger partial charge < -0.3 is 14.8 Å². The van der Waals surface area contributed by atoms with Crippen molar-refractivity contribution in [2.45, 2.75) is 6.54 Å². The van der Waals surface area contributed by atoms with E-state index in [2.05, 4.69) is 21.2 Å². The van der Waals surface area contributed by atoms with Crippen LogP contribution in [-0.4, -0.2) is 20.1 Å². The first-order chi connectivity index (χ1) is 9.65. The molecule has 0 bridgehead atoms. The van der Waals surface area contributed by atoms with Gasteiger partial charge in [-0.05, 0) is 34.1 Å². The van der Waals surface area contributed by atoms with Crippen LogP contribution in [0.15, 0.2) is 34.1 Å². The number of hydrogen-bond donors (Lipinski definition) is 1. The quantitative estimate of drug-likeness (QED) is 0.893. The molecule has 0 saturated heterocycles. The number of halogens is 1. The van der Waals surface area contributed by atoms with Crippen LogP contribution < -0.4 is 14.8 Å². The van der Waals surface area contributed by atoms with Gasteiger partial charge in [-0.1, -0.05) is 6.07 Å². The highest BCUT2D eigenvalue weighted by Gasteiger charge is 2.16. The van der Waals surface area contributed by atoms with Crippen LogP contribution in [0.3, 0.4) is 0 Å². The van der Waals surface area contributed by atoms with Gasteiger partial charge in [0.25, 0.3) is 5.91 Å². The molecule has 0 aliphatic rings. The molecule has 1 amide bonds. The molecule has 1 aromatic heterocycles. The maximum absolute atomic E-state index is 12.2. The number of thiophene rings is 1. The highest BCUT2D eigenvalue weighted by molar-refractivity contribution is 9.10. The number of ether oxygens (including phenoxy) is 2. The molecule has 20 heavy (non-hydrogen) atoms. The summed E-state index contributed by atoms with van der Waals surface area (Å²) in [5.41, 5.74) is 0.461. The minimum Gasteiger partial charge on any atom is -0.493 e. The fourth-order valence-electron chi connectivity index (χ4n) is 1.78. The smallest absolute Gasteiger partial charge is 0.255 e. The molecular formula is C14H14BrNO3S. The average molecular weight is 356 g/mol. The van der Waals surface area contributed by atoms with E-state index in [-0.39, 0.29) is 5.91 Å². The standard InChI is InChI=1S/C14H14BrNO3S/c1-18-12-5-3-4-11(13(12)19-2)14(17)16-7-10-6-9(15)8-20-10/h3-6,8H,7H2,1-2H3,(H,16,17). The van der Waals surface area contributed by atoms with E-state index >= 15 is 0 Å². The molecule has 1 aromatic carbocycles. The molecule has 2 aromatic rings. The maximum atomic E-state index is 12.2. The number of amides is 1. The molecule has 0 unspecified atom stereocenters. The third kappa shape index (κ3) is 3.32. The summed E-state index contributed by atoms with van der Waals surface area (Å²) in [6, 6.07) is 7.21. The minimum atomic E-state index is -0.190. The van der Waals surface area contributed by atoms with Crippen LogP contribution in [0.4, 0.5) is 0 Å². The van der Waals surface area contributed by atoms with Crippen LogP contribution in [-0.2, 0) is 6.54 Å². The summed E-state index contributed by atoms with van der Waals surface area (Å²) >= 11 is 4.97. The zero-order chi connectivity index (χ0) is 14.5. The summed E-state index contributed by atoms with van der Waals surface area (Å²) in [5, 5.41) is 4.85. The summed E-state index contributed by atoms with van der Waals surface area (Å²) in [5.74, 6) is 0.796. The number of para-hydroxylation sites is 1. The monoisotopic (exact) mass is 355 g/mol. The lowest BCUT2D eigenvalue weighted by molar-refractivity contribution is 0.0947. The van der Waals surface area contributed by atoms with E-state index < -0.39 is 0 Å². The molecule has 0 atom stereocenters. The van der Waals surface area contributed by atoms with Crippen LogP contribution in [0.25, 0.3) is 0 Å². The van der Waals surface area contributed by atoms with Gasteiger partial charge in [-0.25, -0.2) is 0 Å². The number of rotatable bonds is 5. The van der Waals surface area contributed by atoms with Crippen molar-refractivity contribution in [1.82, 2.24) is 5.32 Å². The van der Waals surface area contributed by atoms with Gasteiger partial charge >= 0.3 is 0 Å². The van der Waals surface area contributed by atoms with Crippen molar-refractivity contribution < 1.29 is 14.3 Å². The summed E-state index contributed by atoms with van der Waals surface area (Å²) in [6.45, 7) is 0.482. The van der Waals surface area contributed by atoms with Crippen molar-refractivity contribution in [3.05, 3.63) is 44.6 Å². The molecule has 0 spiro atoms. The molecule has 0 radical (unpaired) electrons. The van der Waals surface area contributed by atoms with Crippen molar-refractivity contribution in [3.8, 4) is 11.5 Å². The molecule has 0 fully saturated rings. The Balaban J connectivity index is 2.12. The van der Waals surface area contributed by atoms with Gasteiger partial charge in [0, 0.05) is 14.7 Å². The van der Waals surface area contributed by atoms with Gasteiger partial charge in [-0.2, -0.15) is 0 Å². The van der Waals surface area contributed by atoms with Gasteiger partial charge in [0.05, 0.1) is 26.3 Å². The fraction of sp³-hybridized carbons (Fsp3) is 0.214. The number of hydrogen-bond acceptors (Lipinski definition) is 4. The lowest BCUT2D eigenvalue weighted by atomic mass is 10.1. The molecule has 0 aliphatic carbocycles.